The first-order valence-electron chi connectivity index (χ1n) is 5.05. The first-order valence-corrected chi connectivity index (χ1v) is 6.04. The number of carbonyl (C=O) groups is 1. The predicted molar refractivity (Wildman–Crippen MR) is 65.1 cm³/mol. The zero-order valence-corrected chi connectivity index (χ0v) is 10.5. The molecule has 1 aromatic rings. The number of carboxylic acids is 1. The van der Waals surface area contributed by atoms with Crippen LogP contribution in [-0.4, -0.2) is 40.5 Å². The molecule has 1 rings (SSSR count). The molecule has 1 heterocycles. The maximum Gasteiger partial charge on any atom is 0.364 e. The SMILES string of the molecule is COCCCSc1cnc([N+](=O)[O-])cc1C(=O)O. The number of hydrogen-bond donors (Lipinski definition) is 1. The number of nitro groups is 1. The van der Waals surface area contributed by atoms with Crippen LogP contribution >= 0.6 is 11.8 Å². The molecule has 1 aromatic heterocycles. The number of thioether (sulfide) groups is 1. The third-order valence-corrected chi connectivity index (χ3v) is 3.15. The van der Waals surface area contributed by atoms with E-state index in [1.807, 2.05) is 0 Å². The van der Waals surface area contributed by atoms with Gasteiger partial charge in [-0.05, 0) is 16.3 Å². The molecule has 0 saturated carbocycles. The molecule has 0 bridgehead atoms. The second kappa shape index (κ2) is 6.92. The maximum absolute atomic E-state index is 11.0. The lowest BCUT2D eigenvalue weighted by Gasteiger charge is -2.03. The van der Waals surface area contributed by atoms with E-state index in [1.165, 1.54) is 18.0 Å². The van der Waals surface area contributed by atoms with E-state index in [1.54, 1.807) is 7.11 Å². The Labute approximate surface area is 107 Å². The minimum atomic E-state index is -1.20. The Balaban J connectivity index is 2.83. The van der Waals surface area contributed by atoms with Crippen LogP contribution in [-0.2, 0) is 4.74 Å². The van der Waals surface area contributed by atoms with Crippen molar-refractivity contribution in [1.29, 1.82) is 0 Å². The Morgan fingerprint density at radius 3 is 2.94 bits per heavy atom. The van der Waals surface area contributed by atoms with Gasteiger partial charge in [-0.15, -0.1) is 11.8 Å². The van der Waals surface area contributed by atoms with Gasteiger partial charge in [0.05, 0.1) is 16.5 Å². The summed E-state index contributed by atoms with van der Waals surface area (Å²) in [5.74, 6) is -1.00. The minimum absolute atomic E-state index is 0.0980. The van der Waals surface area contributed by atoms with Gasteiger partial charge in [-0.1, -0.05) is 0 Å². The zero-order chi connectivity index (χ0) is 13.5. The third kappa shape index (κ3) is 3.97. The molecule has 7 nitrogen and oxygen atoms in total. The molecule has 1 N–H and O–H groups in total. The molecule has 0 aromatic carbocycles. The van der Waals surface area contributed by atoms with E-state index >= 15 is 0 Å². The Kier molecular flexibility index (Phi) is 5.53. The van der Waals surface area contributed by atoms with Crippen LogP contribution in [0.2, 0.25) is 0 Å². The van der Waals surface area contributed by atoms with Crippen LogP contribution in [0.3, 0.4) is 0 Å². The van der Waals surface area contributed by atoms with Crippen molar-refractivity contribution >= 4 is 23.5 Å². The highest BCUT2D eigenvalue weighted by Crippen LogP contribution is 2.25. The smallest absolute Gasteiger partial charge is 0.364 e. The van der Waals surface area contributed by atoms with Crippen molar-refractivity contribution in [3.05, 3.63) is 27.9 Å². The lowest BCUT2D eigenvalue weighted by Crippen LogP contribution is -2.03. The number of rotatable bonds is 7. The molecule has 0 atom stereocenters. The molecule has 0 radical (unpaired) electrons. The fourth-order valence-electron chi connectivity index (χ4n) is 1.20. The monoisotopic (exact) mass is 272 g/mol. The Morgan fingerprint density at radius 1 is 1.67 bits per heavy atom. The van der Waals surface area contributed by atoms with Crippen molar-refractivity contribution in [2.45, 2.75) is 11.3 Å². The van der Waals surface area contributed by atoms with Gasteiger partial charge >= 0.3 is 11.8 Å². The van der Waals surface area contributed by atoms with E-state index in [9.17, 15) is 14.9 Å². The standard InChI is InChI=1S/C10H12N2O5S/c1-17-3-2-4-18-8-6-11-9(12(15)16)5-7(8)10(13)14/h5-6H,2-4H2,1H3,(H,13,14). The summed E-state index contributed by atoms with van der Waals surface area (Å²) in [6.07, 6.45) is 1.98. The van der Waals surface area contributed by atoms with Crippen molar-refractivity contribution in [3.8, 4) is 0 Å². The molecular weight excluding hydrogens is 260 g/mol. The molecular formula is C10H12N2O5S. The number of aromatic carboxylic acids is 1. The van der Waals surface area contributed by atoms with Gasteiger partial charge in [-0.2, -0.15) is 0 Å². The lowest BCUT2D eigenvalue weighted by atomic mass is 10.2. The summed E-state index contributed by atoms with van der Waals surface area (Å²) >= 11 is 1.29. The van der Waals surface area contributed by atoms with Crippen LogP contribution in [0.4, 0.5) is 5.82 Å². The number of nitrogens with zero attached hydrogens (tertiary/aromatic N) is 2. The predicted octanol–water partition coefficient (Wildman–Crippen LogP) is 1.82. The molecule has 0 spiro atoms. The summed E-state index contributed by atoms with van der Waals surface area (Å²) < 4.78 is 4.87. The molecule has 0 unspecified atom stereocenters. The average Bonchev–Trinajstić information content (AvgIpc) is 2.34. The largest absolute Gasteiger partial charge is 0.478 e. The molecule has 18 heavy (non-hydrogen) atoms. The Hall–Kier alpha value is -1.67. The number of methoxy groups -OCH3 is 1. The Bertz CT molecular complexity index is 452. The van der Waals surface area contributed by atoms with Gasteiger partial charge in [0.2, 0.25) is 0 Å². The maximum atomic E-state index is 11.0. The average molecular weight is 272 g/mol. The summed E-state index contributed by atoms with van der Waals surface area (Å²) in [6.45, 7) is 0.579. The van der Waals surface area contributed by atoms with Crippen LogP contribution in [0.15, 0.2) is 17.2 Å². The lowest BCUT2D eigenvalue weighted by molar-refractivity contribution is -0.389. The molecule has 0 aliphatic carbocycles. The second-order valence-electron chi connectivity index (χ2n) is 3.30. The van der Waals surface area contributed by atoms with Crippen LogP contribution < -0.4 is 0 Å². The summed E-state index contributed by atoms with van der Waals surface area (Å²) in [7, 11) is 1.58. The van der Waals surface area contributed by atoms with Crippen molar-refractivity contribution in [2.75, 3.05) is 19.5 Å². The summed E-state index contributed by atoms with van der Waals surface area (Å²) in [6, 6.07) is 0.973. The van der Waals surface area contributed by atoms with E-state index in [2.05, 4.69) is 4.98 Å². The molecule has 0 aliphatic heterocycles. The summed E-state index contributed by atoms with van der Waals surface area (Å²) in [4.78, 5) is 24.8. The van der Waals surface area contributed by atoms with Gasteiger partial charge in [-0.25, -0.2) is 4.79 Å². The van der Waals surface area contributed by atoms with Gasteiger partial charge in [0.15, 0.2) is 6.20 Å². The van der Waals surface area contributed by atoms with Gasteiger partial charge in [0.25, 0.3) is 0 Å². The van der Waals surface area contributed by atoms with Crippen LogP contribution in [0.5, 0.6) is 0 Å². The quantitative estimate of drug-likeness (QED) is 0.349. The zero-order valence-electron chi connectivity index (χ0n) is 9.66. The van der Waals surface area contributed by atoms with E-state index in [0.29, 0.717) is 17.3 Å². The van der Waals surface area contributed by atoms with Gasteiger partial charge in [0.1, 0.15) is 0 Å². The number of carboxylic acid groups (broad SMARTS) is 1. The molecule has 98 valence electrons. The van der Waals surface area contributed by atoms with Crippen LogP contribution in [0.1, 0.15) is 16.8 Å². The fourth-order valence-corrected chi connectivity index (χ4v) is 2.11. The van der Waals surface area contributed by atoms with Crippen molar-refractivity contribution < 1.29 is 19.6 Å². The van der Waals surface area contributed by atoms with Gasteiger partial charge < -0.3 is 20.0 Å². The van der Waals surface area contributed by atoms with Crippen LogP contribution in [0.25, 0.3) is 0 Å². The van der Waals surface area contributed by atoms with E-state index in [-0.39, 0.29) is 5.56 Å². The fraction of sp³-hybridized carbons (Fsp3) is 0.400. The first kappa shape index (κ1) is 14.4. The van der Waals surface area contributed by atoms with Gasteiger partial charge in [-0.3, -0.25) is 0 Å². The molecule has 0 amide bonds. The molecule has 0 aliphatic rings. The first-order chi connectivity index (χ1) is 8.56. The highest BCUT2D eigenvalue weighted by atomic mass is 32.2. The van der Waals surface area contributed by atoms with Gasteiger partial charge in [0, 0.05) is 19.5 Å². The normalized spacial score (nSPS) is 10.3. The number of pyridine rings is 1. The number of hydrogen-bond acceptors (Lipinski definition) is 6. The van der Waals surface area contributed by atoms with E-state index in [0.717, 1.165) is 12.5 Å². The van der Waals surface area contributed by atoms with E-state index < -0.39 is 16.7 Å². The van der Waals surface area contributed by atoms with Crippen molar-refractivity contribution in [3.63, 3.8) is 0 Å². The van der Waals surface area contributed by atoms with Crippen molar-refractivity contribution in [1.82, 2.24) is 4.98 Å². The second-order valence-corrected chi connectivity index (χ2v) is 4.43. The summed E-state index contributed by atoms with van der Waals surface area (Å²) in [5.41, 5.74) is -0.0980. The third-order valence-electron chi connectivity index (χ3n) is 2.02. The minimum Gasteiger partial charge on any atom is -0.478 e. The highest BCUT2D eigenvalue weighted by molar-refractivity contribution is 7.99. The number of ether oxygens (including phenoxy) is 1. The molecule has 0 fully saturated rings. The topological polar surface area (TPSA) is 103 Å². The molecule has 8 heteroatoms. The van der Waals surface area contributed by atoms with E-state index in [4.69, 9.17) is 9.84 Å². The summed E-state index contributed by atoms with van der Waals surface area (Å²) in [5, 5.41) is 19.5. The Morgan fingerprint density at radius 2 is 2.39 bits per heavy atom. The number of aromatic nitrogens is 1. The van der Waals surface area contributed by atoms with Crippen LogP contribution in [0, 0.1) is 10.1 Å². The highest BCUT2D eigenvalue weighted by Gasteiger charge is 2.18. The van der Waals surface area contributed by atoms with Crippen molar-refractivity contribution in [2.24, 2.45) is 0 Å². The molecule has 0 saturated heterocycles.